The third-order valence-electron chi connectivity index (χ3n) is 3.72. The van der Waals surface area contributed by atoms with Crippen LogP contribution in [0.2, 0.25) is 0 Å². The molecule has 1 aliphatic heterocycles. The lowest BCUT2D eigenvalue weighted by molar-refractivity contribution is 0.118. The van der Waals surface area contributed by atoms with Crippen LogP contribution in [0, 0.1) is 5.92 Å². The average Bonchev–Trinajstić information content (AvgIpc) is 2.95. The highest BCUT2D eigenvalue weighted by Gasteiger charge is 2.31. The summed E-state index contributed by atoms with van der Waals surface area (Å²) in [6.45, 7) is 3.11. The van der Waals surface area contributed by atoms with E-state index in [-0.39, 0.29) is 10.8 Å². The zero-order valence-corrected chi connectivity index (χ0v) is 13.5. The molecule has 0 bridgehead atoms. The molecule has 1 fully saturated rings. The number of hydrogen-bond acceptors (Lipinski definition) is 5. The van der Waals surface area contributed by atoms with Crippen LogP contribution in [0.4, 0.5) is 0 Å². The van der Waals surface area contributed by atoms with Crippen LogP contribution in [0.5, 0.6) is 0 Å². The lowest BCUT2D eigenvalue weighted by Gasteiger charge is -2.31. The Morgan fingerprint density at radius 1 is 1.52 bits per heavy atom. The Morgan fingerprint density at radius 2 is 2.33 bits per heavy atom. The van der Waals surface area contributed by atoms with E-state index in [0.717, 1.165) is 19.4 Å². The van der Waals surface area contributed by atoms with Crippen molar-refractivity contribution in [2.45, 2.75) is 24.3 Å². The first-order valence-corrected chi connectivity index (χ1v) is 8.68. The van der Waals surface area contributed by atoms with Crippen molar-refractivity contribution in [3.8, 4) is 0 Å². The van der Waals surface area contributed by atoms with Crippen molar-refractivity contribution in [1.82, 2.24) is 19.4 Å². The molecular formula is C13H24N4O3S. The van der Waals surface area contributed by atoms with Gasteiger partial charge in [-0.3, -0.25) is 4.68 Å². The Kier molecular flexibility index (Phi) is 5.74. The first kappa shape index (κ1) is 16.4. The standard InChI is InChI=1S/C13H24N4O3S/c1-14-5-7-16-10-13(8-15-16)21(18,19)17-6-3-4-12(9-17)11-20-2/h8,10,12,14H,3-7,9,11H2,1-2H3. The molecule has 0 radical (unpaired) electrons. The fourth-order valence-corrected chi connectivity index (χ4v) is 4.10. The van der Waals surface area contributed by atoms with E-state index in [1.807, 2.05) is 7.05 Å². The second kappa shape index (κ2) is 7.35. The lowest BCUT2D eigenvalue weighted by atomic mass is 10.0. The first-order chi connectivity index (χ1) is 10.1. The van der Waals surface area contributed by atoms with Crippen LogP contribution < -0.4 is 5.32 Å². The molecule has 0 amide bonds. The molecule has 1 atom stereocenters. The van der Waals surface area contributed by atoms with E-state index in [0.29, 0.717) is 26.2 Å². The molecule has 2 rings (SSSR count). The summed E-state index contributed by atoms with van der Waals surface area (Å²) in [5, 5.41) is 7.13. The van der Waals surface area contributed by atoms with Crippen molar-refractivity contribution in [3.63, 3.8) is 0 Å². The van der Waals surface area contributed by atoms with Crippen molar-refractivity contribution in [3.05, 3.63) is 12.4 Å². The van der Waals surface area contributed by atoms with Crippen molar-refractivity contribution in [1.29, 1.82) is 0 Å². The van der Waals surface area contributed by atoms with Gasteiger partial charge in [-0.05, 0) is 25.8 Å². The largest absolute Gasteiger partial charge is 0.384 e. The van der Waals surface area contributed by atoms with Gasteiger partial charge in [0.2, 0.25) is 10.0 Å². The zero-order chi connectivity index (χ0) is 15.3. The quantitative estimate of drug-likeness (QED) is 0.775. The molecule has 1 aliphatic rings. The SMILES string of the molecule is CNCCn1cc(S(=O)(=O)N2CCCC(COC)C2)cn1. The van der Waals surface area contributed by atoms with E-state index in [4.69, 9.17) is 4.74 Å². The summed E-state index contributed by atoms with van der Waals surface area (Å²) in [6, 6.07) is 0. The second-order valence-corrected chi connectivity index (χ2v) is 7.31. The molecule has 1 N–H and O–H groups in total. The molecule has 2 heterocycles. The van der Waals surface area contributed by atoms with Gasteiger partial charge in [-0.2, -0.15) is 9.40 Å². The summed E-state index contributed by atoms with van der Waals surface area (Å²) in [6.07, 6.45) is 4.93. The summed E-state index contributed by atoms with van der Waals surface area (Å²) in [4.78, 5) is 0.275. The maximum atomic E-state index is 12.6. The topological polar surface area (TPSA) is 76.5 Å². The highest BCUT2D eigenvalue weighted by molar-refractivity contribution is 7.89. The Balaban J connectivity index is 2.08. The maximum Gasteiger partial charge on any atom is 0.246 e. The third kappa shape index (κ3) is 4.03. The fourth-order valence-electron chi connectivity index (χ4n) is 2.59. The van der Waals surface area contributed by atoms with Crippen LogP contribution in [-0.4, -0.2) is 62.9 Å². The van der Waals surface area contributed by atoms with Crippen LogP contribution in [0.25, 0.3) is 0 Å². The normalized spacial score (nSPS) is 20.8. The number of nitrogens with one attached hydrogen (secondary N) is 1. The van der Waals surface area contributed by atoms with E-state index in [1.165, 1.54) is 6.20 Å². The summed E-state index contributed by atoms with van der Waals surface area (Å²) in [7, 11) is 0.0606. The van der Waals surface area contributed by atoms with Crippen LogP contribution in [0.1, 0.15) is 12.8 Å². The molecule has 120 valence electrons. The number of hydrogen-bond donors (Lipinski definition) is 1. The maximum absolute atomic E-state index is 12.6. The van der Waals surface area contributed by atoms with E-state index in [1.54, 1.807) is 22.3 Å². The van der Waals surface area contributed by atoms with Gasteiger partial charge in [0.1, 0.15) is 4.90 Å². The molecular weight excluding hydrogens is 292 g/mol. The second-order valence-electron chi connectivity index (χ2n) is 5.37. The van der Waals surface area contributed by atoms with Gasteiger partial charge in [-0.15, -0.1) is 0 Å². The van der Waals surface area contributed by atoms with Crippen molar-refractivity contribution >= 4 is 10.0 Å². The number of ether oxygens (including phenoxy) is 1. The van der Waals surface area contributed by atoms with Gasteiger partial charge in [0.05, 0.1) is 19.3 Å². The fraction of sp³-hybridized carbons (Fsp3) is 0.769. The minimum atomic E-state index is -3.44. The third-order valence-corrected chi connectivity index (χ3v) is 5.54. The predicted octanol–water partition coefficient (Wildman–Crippen LogP) is 0.150. The number of sulfonamides is 1. The number of aromatic nitrogens is 2. The van der Waals surface area contributed by atoms with Gasteiger partial charge < -0.3 is 10.1 Å². The summed E-state index contributed by atoms with van der Waals surface area (Å²) in [5.41, 5.74) is 0. The van der Waals surface area contributed by atoms with Gasteiger partial charge in [-0.1, -0.05) is 0 Å². The molecule has 21 heavy (non-hydrogen) atoms. The Hall–Kier alpha value is -0.960. The van der Waals surface area contributed by atoms with Crippen molar-refractivity contribution in [2.24, 2.45) is 5.92 Å². The Morgan fingerprint density at radius 3 is 3.05 bits per heavy atom. The molecule has 7 nitrogen and oxygen atoms in total. The number of nitrogens with zero attached hydrogens (tertiary/aromatic N) is 3. The van der Waals surface area contributed by atoms with Gasteiger partial charge in [0.15, 0.2) is 0 Å². The molecule has 1 unspecified atom stereocenters. The van der Waals surface area contributed by atoms with Crippen LogP contribution >= 0.6 is 0 Å². The molecule has 8 heteroatoms. The smallest absolute Gasteiger partial charge is 0.246 e. The summed E-state index contributed by atoms with van der Waals surface area (Å²) >= 11 is 0. The number of piperidine rings is 1. The van der Waals surface area contributed by atoms with Gasteiger partial charge in [0.25, 0.3) is 0 Å². The van der Waals surface area contributed by atoms with Crippen LogP contribution in [-0.2, 0) is 21.3 Å². The van der Waals surface area contributed by atoms with Gasteiger partial charge >= 0.3 is 0 Å². The first-order valence-electron chi connectivity index (χ1n) is 7.24. The molecule has 1 aromatic rings. The highest BCUT2D eigenvalue weighted by Crippen LogP contribution is 2.23. The van der Waals surface area contributed by atoms with Crippen molar-refractivity contribution in [2.75, 3.05) is 40.4 Å². The molecule has 0 aromatic carbocycles. The Labute approximate surface area is 126 Å². The molecule has 0 saturated carbocycles. The van der Waals surface area contributed by atoms with Crippen LogP contribution in [0.3, 0.4) is 0 Å². The molecule has 1 aromatic heterocycles. The monoisotopic (exact) mass is 316 g/mol. The highest BCUT2D eigenvalue weighted by atomic mass is 32.2. The Bertz CT molecular complexity index is 541. The van der Waals surface area contributed by atoms with Gasteiger partial charge in [0, 0.05) is 32.9 Å². The lowest BCUT2D eigenvalue weighted by Crippen LogP contribution is -2.41. The minimum absolute atomic E-state index is 0.275. The minimum Gasteiger partial charge on any atom is -0.384 e. The van der Waals surface area contributed by atoms with E-state index in [2.05, 4.69) is 10.4 Å². The number of rotatable bonds is 7. The molecule has 1 saturated heterocycles. The van der Waals surface area contributed by atoms with Crippen molar-refractivity contribution < 1.29 is 13.2 Å². The van der Waals surface area contributed by atoms with E-state index >= 15 is 0 Å². The van der Waals surface area contributed by atoms with E-state index < -0.39 is 10.0 Å². The number of methoxy groups -OCH3 is 1. The summed E-state index contributed by atoms with van der Waals surface area (Å²) < 4.78 is 33.6. The van der Waals surface area contributed by atoms with Gasteiger partial charge in [-0.25, -0.2) is 8.42 Å². The zero-order valence-electron chi connectivity index (χ0n) is 12.7. The average molecular weight is 316 g/mol. The molecule has 0 aliphatic carbocycles. The predicted molar refractivity (Wildman–Crippen MR) is 79.5 cm³/mol. The number of likely N-dealkylation sites (N-methyl/N-ethyl adjacent to an activating group) is 1. The molecule has 0 spiro atoms. The van der Waals surface area contributed by atoms with Crippen LogP contribution in [0.15, 0.2) is 17.3 Å². The van der Waals surface area contributed by atoms with E-state index in [9.17, 15) is 8.42 Å². The summed E-state index contributed by atoms with van der Waals surface area (Å²) in [5.74, 6) is 0.276.